The predicted octanol–water partition coefficient (Wildman–Crippen LogP) is 4.04. The number of hydrogen-bond donors (Lipinski definition) is 0. The second kappa shape index (κ2) is 5.04. The molecule has 0 unspecified atom stereocenters. The molecular weight excluding hydrogens is 208 g/mol. The van der Waals surface area contributed by atoms with Crippen molar-refractivity contribution in [2.45, 2.75) is 18.7 Å². The summed E-state index contributed by atoms with van der Waals surface area (Å²) in [5, 5.41) is 0. The lowest BCUT2D eigenvalue weighted by molar-refractivity contribution is 0.439. The van der Waals surface area contributed by atoms with Crippen molar-refractivity contribution in [1.29, 1.82) is 0 Å². The van der Waals surface area contributed by atoms with Crippen LogP contribution in [0.1, 0.15) is 18.4 Å². The van der Waals surface area contributed by atoms with Crippen LogP contribution in [0, 0.1) is 0 Å². The molecule has 0 spiro atoms. The SMILES string of the molecule is ClCc1cccc(OC2=CCCC=C2)c1. The molecule has 15 heavy (non-hydrogen) atoms. The lowest BCUT2D eigenvalue weighted by Crippen LogP contribution is -1.95. The van der Waals surface area contributed by atoms with Gasteiger partial charge in [0, 0.05) is 5.88 Å². The van der Waals surface area contributed by atoms with Crippen molar-refractivity contribution in [3.05, 3.63) is 53.8 Å². The van der Waals surface area contributed by atoms with Crippen LogP contribution in [0.2, 0.25) is 0 Å². The van der Waals surface area contributed by atoms with Crippen LogP contribution in [-0.4, -0.2) is 0 Å². The van der Waals surface area contributed by atoms with Crippen LogP contribution in [-0.2, 0) is 5.88 Å². The largest absolute Gasteiger partial charge is 0.458 e. The Balaban J connectivity index is 2.10. The van der Waals surface area contributed by atoms with Gasteiger partial charge in [-0.05, 0) is 42.7 Å². The quantitative estimate of drug-likeness (QED) is 0.699. The van der Waals surface area contributed by atoms with E-state index in [1.807, 2.05) is 30.3 Å². The summed E-state index contributed by atoms with van der Waals surface area (Å²) in [5.41, 5.74) is 1.08. The highest BCUT2D eigenvalue weighted by molar-refractivity contribution is 6.17. The van der Waals surface area contributed by atoms with Crippen LogP contribution in [0.5, 0.6) is 5.75 Å². The Labute approximate surface area is 95.0 Å². The van der Waals surface area contributed by atoms with Crippen molar-refractivity contribution >= 4 is 11.6 Å². The summed E-state index contributed by atoms with van der Waals surface area (Å²) in [6.45, 7) is 0. The molecule has 0 saturated carbocycles. The van der Waals surface area contributed by atoms with E-state index in [0.29, 0.717) is 5.88 Å². The summed E-state index contributed by atoms with van der Waals surface area (Å²) in [6.07, 6.45) is 8.40. The second-order valence-electron chi connectivity index (χ2n) is 3.47. The zero-order valence-electron chi connectivity index (χ0n) is 8.45. The van der Waals surface area contributed by atoms with E-state index in [1.54, 1.807) is 0 Å². The highest BCUT2D eigenvalue weighted by atomic mass is 35.5. The molecule has 1 aliphatic rings. The summed E-state index contributed by atoms with van der Waals surface area (Å²) in [6, 6.07) is 7.86. The van der Waals surface area contributed by atoms with E-state index in [9.17, 15) is 0 Å². The van der Waals surface area contributed by atoms with Gasteiger partial charge in [0.1, 0.15) is 11.5 Å². The molecule has 0 aromatic heterocycles. The van der Waals surface area contributed by atoms with Crippen molar-refractivity contribution in [3.63, 3.8) is 0 Å². The molecule has 0 amide bonds. The summed E-state index contributed by atoms with van der Waals surface area (Å²) in [4.78, 5) is 0. The maximum atomic E-state index is 5.76. The predicted molar refractivity (Wildman–Crippen MR) is 63.1 cm³/mol. The fourth-order valence-electron chi connectivity index (χ4n) is 1.49. The fraction of sp³-hybridized carbons (Fsp3) is 0.231. The minimum atomic E-state index is 0.520. The van der Waals surface area contributed by atoms with E-state index < -0.39 is 0 Å². The average Bonchev–Trinajstić information content (AvgIpc) is 2.31. The molecule has 1 aliphatic carbocycles. The minimum absolute atomic E-state index is 0.520. The number of alkyl halides is 1. The number of rotatable bonds is 3. The molecular formula is C13H13ClO. The maximum Gasteiger partial charge on any atom is 0.127 e. The van der Waals surface area contributed by atoms with Crippen LogP contribution in [0.15, 0.2) is 48.3 Å². The van der Waals surface area contributed by atoms with Crippen molar-refractivity contribution in [1.82, 2.24) is 0 Å². The first-order valence-corrected chi connectivity index (χ1v) is 5.61. The normalized spacial score (nSPS) is 14.9. The smallest absolute Gasteiger partial charge is 0.127 e. The van der Waals surface area contributed by atoms with E-state index in [-0.39, 0.29) is 0 Å². The number of benzene rings is 1. The minimum Gasteiger partial charge on any atom is -0.458 e. The van der Waals surface area contributed by atoms with Gasteiger partial charge in [0.2, 0.25) is 0 Å². The lowest BCUT2D eigenvalue weighted by atomic mass is 10.2. The van der Waals surface area contributed by atoms with E-state index in [0.717, 1.165) is 29.9 Å². The summed E-state index contributed by atoms with van der Waals surface area (Å²) in [7, 11) is 0. The van der Waals surface area contributed by atoms with Gasteiger partial charge in [0.05, 0.1) is 0 Å². The molecule has 78 valence electrons. The van der Waals surface area contributed by atoms with E-state index in [4.69, 9.17) is 16.3 Å². The molecule has 0 saturated heterocycles. The van der Waals surface area contributed by atoms with Crippen LogP contribution in [0.25, 0.3) is 0 Å². The summed E-state index contributed by atoms with van der Waals surface area (Å²) >= 11 is 5.76. The van der Waals surface area contributed by atoms with E-state index >= 15 is 0 Å². The molecule has 0 fully saturated rings. The highest BCUT2D eigenvalue weighted by Gasteiger charge is 2.01. The van der Waals surface area contributed by atoms with Gasteiger partial charge in [-0.2, -0.15) is 0 Å². The summed E-state index contributed by atoms with van der Waals surface area (Å²) in [5.74, 6) is 2.30. The topological polar surface area (TPSA) is 9.23 Å². The molecule has 2 heteroatoms. The van der Waals surface area contributed by atoms with Gasteiger partial charge in [-0.15, -0.1) is 11.6 Å². The molecule has 0 heterocycles. The van der Waals surface area contributed by atoms with Gasteiger partial charge in [-0.1, -0.05) is 18.2 Å². The third kappa shape index (κ3) is 2.87. The van der Waals surface area contributed by atoms with Gasteiger partial charge < -0.3 is 4.74 Å². The first kappa shape index (κ1) is 10.3. The number of halogens is 1. The molecule has 0 bridgehead atoms. The first-order chi connectivity index (χ1) is 7.38. The Morgan fingerprint density at radius 2 is 2.20 bits per heavy atom. The van der Waals surface area contributed by atoms with Gasteiger partial charge in [0.15, 0.2) is 0 Å². The van der Waals surface area contributed by atoms with Crippen LogP contribution >= 0.6 is 11.6 Å². The Kier molecular flexibility index (Phi) is 3.46. The van der Waals surface area contributed by atoms with Gasteiger partial charge in [-0.3, -0.25) is 0 Å². The van der Waals surface area contributed by atoms with Crippen LogP contribution in [0.4, 0.5) is 0 Å². The average molecular weight is 221 g/mol. The van der Waals surface area contributed by atoms with E-state index in [1.165, 1.54) is 0 Å². The van der Waals surface area contributed by atoms with E-state index in [2.05, 4.69) is 12.2 Å². The molecule has 1 aromatic rings. The third-order valence-corrected chi connectivity index (χ3v) is 2.56. The van der Waals surface area contributed by atoms with Gasteiger partial charge in [0.25, 0.3) is 0 Å². The Hall–Kier alpha value is -1.21. The zero-order valence-corrected chi connectivity index (χ0v) is 9.20. The van der Waals surface area contributed by atoms with Crippen LogP contribution in [0.3, 0.4) is 0 Å². The number of ether oxygens (including phenoxy) is 1. The molecule has 2 rings (SSSR count). The first-order valence-electron chi connectivity index (χ1n) is 5.08. The van der Waals surface area contributed by atoms with Crippen molar-refractivity contribution in [2.75, 3.05) is 0 Å². The Bertz CT molecular complexity index is 393. The second-order valence-corrected chi connectivity index (χ2v) is 3.74. The molecule has 1 aromatic carbocycles. The van der Waals surface area contributed by atoms with Crippen molar-refractivity contribution in [2.24, 2.45) is 0 Å². The third-order valence-electron chi connectivity index (χ3n) is 2.25. The Morgan fingerprint density at radius 3 is 2.93 bits per heavy atom. The molecule has 0 aliphatic heterocycles. The number of allylic oxidation sites excluding steroid dienone is 3. The highest BCUT2D eigenvalue weighted by Crippen LogP contribution is 2.19. The van der Waals surface area contributed by atoms with Crippen molar-refractivity contribution in [3.8, 4) is 5.75 Å². The monoisotopic (exact) mass is 220 g/mol. The molecule has 0 N–H and O–H groups in total. The van der Waals surface area contributed by atoms with Gasteiger partial charge in [-0.25, -0.2) is 0 Å². The summed E-state index contributed by atoms with van der Waals surface area (Å²) < 4.78 is 5.71. The zero-order chi connectivity index (χ0) is 10.5. The maximum absolute atomic E-state index is 5.76. The standard InChI is InChI=1S/C13H13ClO/c14-10-11-5-4-8-13(9-11)15-12-6-2-1-3-7-12/h2,4-9H,1,3,10H2. The lowest BCUT2D eigenvalue weighted by Gasteiger charge is -2.09. The van der Waals surface area contributed by atoms with Crippen molar-refractivity contribution < 1.29 is 4.74 Å². The molecule has 0 radical (unpaired) electrons. The number of hydrogen-bond acceptors (Lipinski definition) is 1. The van der Waals surface area contributed by atoms with Crippen LogP contribution < -0.4 is 4.74 Å². The Morgan fingerprint density at radius 1 is 1.27 bits per heavy atom. The molecule has 0 atom stereocenters. The van der Waals surface area contributed by atoms with Gasteiger partial charge >= 0.3 is 0 Å². The molecule has 1 nitrogen and oxygen atoms in total. The fourth-order valence-corrected chi connectivity index (χ4v) is 1.66.